The van der Waals surface area contributed by atoms with Crippen molar-refractivity contribution in [2.45, 2.75) is 4.90 Å². The maximum absolute atomic E-state index is 12.9. The van der Waals surface area contributed by atoms with E-state index in [0.717, 1.165) is 6.07 Å². The van der Waals surface area contributed by atoms with Crippen LogP contribution in [0.25, 0.3) is 10.4 Å². The Morgan fingerprint density at radius 1 is 0.967 bits per heavy atom. The van der Waals surface area contributed by atoms with Crippen LogP contribution in [-0.2, 0) is 14.9 Å². The Labute approximate surface area is 175 Å². The van der Waals surface area contributed by atoms with Gasteiger partial charge in [-0.2, -0.15) is 0 Å². The van der Waals surface area contributed by atoms with Crippen LogP contribution in [-0.4, -0.2) is 38.3 Å². The van der Waals surface area contributed by atoms with E-state index in [1.165, 1.54) is 42.6 Å². The molecule has 3 aromatic rings. The number of rotatable bonds is 5. The Bertz CT molecular complexity index is 1250. The number of amides is 2. The predicted octanol–water partition coefficient (Wildman–Crippen LogP) is 2.69. The van der Waals surface area contributed by atoms with Crippen LogP contribution in [0, 0.1) is 0 Å². The van der Waals surface area contributed by atoms with Gasteiger partial charge in [-0.15, -0.1) is 11.3 Å². The van der Waals surface area contributed by atoms with Crippen LogP contribution >= 0.6 is 11.3 Å². The molecule has 2 heterocycles. The van der Waals surface area contributed by atoms with E-state index in [1.54, 1.807) is 29.6 Å². The van der Waals surface area contributed by atoms with Crippen molar-refractivity contribution in [3.8, 4) is 10.4 Å². The van der Waals surface area contributed by atoms with Gasteiger partial charge in [0.25, 0.3) is 11.8 Å². The topological polar surface area (TPSA) is 110 Å². The predicted molar refractivity (Wildman–Crippen MR) is 108 cm³/mol. The largest absolute Gasteiger partial charge is 0.364 e. The molecule has 2 aromatic carbocycles. The lowest BCUT2D eigenvalue weighted by Crippen LogP contribution is -2.33. The number of nitrogens with zero attached hydrogens (tertiary/aromatic N) is 1. The van der Waals surface area contributed by atoms with Gasteiger partial charge in [0.1, 0.15) is 0 Å². The zero-order chi connectivity index (χ0) is 21.5. The number of imide groups is 1. The van der Waals surface area contributed by atoms with E-state index >= 15 is 0 Å². The van der Waals surface area contributed by atoms with Crippen LogP contribution in [0.15, 0.2) is 64.9 Å². The number of sulfonamides is 1. The van der Waals surface area contributed by atoms with Gasteiger partial charge in [-0.05, 0) is 42.8 Å². The lowest BCUT2D eigenvalue weighted by molar-refractivity contribution is -0.0584. The Morgan fingerprint density at radius 3 is 2.20 bits per heavy atom. The molecule has 1 aliphatic rings. The molecule has 1 aliphatic heterocycles. The molecule has 1 N–H and O–H groups in total. The van der Waals surface area contributed by atoms with Gasteiger partial charge < -0.3 is 4.84 Å². The lowest BCUT2D eigenvalue weighted by atomic mass is 10.1. The summed E-state index contributed by atoms with van der Waals surface area (Å²) in [4.78, 5) is 43.6. The molecule has 10 heteroatoms. The zero-order valence-electron chi connectivity index (χ0n) is 15.5. The summed E-state index contributed by atoms with van der Waals surface area (Å²) in [5.41, 5.74) is 0.576. The van der Waals surface area contributed by atoms with Gasteiger partial charge in [0.2, 0.25) is 10.0 Å². The summed E-state index contributed by atoms with van der Waals surface area (Å²) in [5, 5.41) is 2.19. The van der Waals surface area contributed by atoms with Crippen LogP contribution in [0.3, 0.4) is 0 Å². The Morgan fingerprint density at radius 2 is 1.63 bits per heavy atom. The molecule has 0 aliphatic carbocycles. The number of thiophene rings is 1. The van der Waals surface area contributed by atoms with Crippen LogP contribution in [0.1, 0.15) is 31.1 Å². The van der Waals surface area contributed by atoms with Crippen LogP contribution < -0.4 is 4.72 Å². The first-order valence-corrected chi connectivity index (χ1v) is 11.0. The summed E-state index contributed by atoms with van der Waals surface area (Å²) < 4.78 is 26.6. The zero-order valence-corrected chi connectivity index (χ0v) is 17.1. The average molecular weight is 442 g/mol. The van der Waals surface area contributed by atoms with Crippen molar-refractivity contribution in [2.24, 2.45) is 0 Å². The van der Waals surface area contributed by atoms with E-state index in [1.807, 2.05) is 0 Å². The van der Waals surface area contributed by atoms with Gasteiger partial charge in [-0.1, -0.05) is 29.3 Å². The molecule has 0 bridgehead atoms. The van der Waals surface area contributed by atoms with Crippen molar-refractivity contribution in [1.29, 1.82) is 0 Å². The molecule has 0 saturated heterocycles. The van der Waals surface area contributed by atoms with Crippen molar-refractivity contribution in [3.63, 3.8) is 0 Å². The Hall–Kier alpha value is -3.34. The van der Waals surface area contributed by atoms with Crippen molar-refractivity contribution in [3.05, 3.63) is 76.7 Å². The lowest BCUT2D eigenvalue weighted by Gasteiger charge is -2.15. The number of benzene rings is 2. The van der Waals surface area contributed by atoms with Gasteiger partial charge in [-0.25, -0.2) is 17.9 Å². The summed E-state index contributed by atoms with van der Waals surface area (Å²) >= 11 is 1.34. The number of nitrogens with one attached hydrogen (secondary N) is 1. The Kier molecular flexibility index (Phi) is 4.98. The highest BCUT2D eigenvalue weighted by molar-refractivity contribution is 7.89. The molecular formula is C20H14N2O6S2. The fourth-order valence-electron chi connectivity index (χ4n) is 3.01. The third-order valence-corrected chi connectivity index (χ3v) is 6.82. The molecule has 8 nitrogen and oxygen atoms in total. The number of carbonyl (C=O) groups is 3. The van der Waals surface area contributed by atoms with Gasteiger partial charge in [0, 0.05) is 10.4 Å². The molecule has 30 heavy (non-hydrogen) atoms. The molecule has 0 saturated carbocycles. The van der Waals surface area contributed by atoms with Crippen molar-refractivity contribution in [2.75, 3.05) is 7.05 Å². The fraction of sp³-hybridized carbons (Fsp3) is 0.0500. The highest BCUT2D eigenvalue weighted by Gasteiger charge is 2.39. The summed E-state index contributed by atoms with van der Waals surface area (Å²) in [6.45, 7) is 0. The number of carbonyl (C=O) groups excluding carboxylic acids is 3. The van der Waals surface area contributed by atoms with Gasteiger partial charge in [0.15, 0.2) is 0 Å². The molecular weight excluding hydrogens is 428 g/mol. The van der Waals surface area contributed by atoms with Crippen LogP contribution in [0.4, 0.5) is 0 Å². The van der Waals surface area contributed by atoms with E-state index in [0.29, 0.717) is 15.5 Å². The minimum absolute atomic E-state index is 0.0923. The molecule has 0 radical (unpaired) electrons. The normalized spacial score (nSPS) is 13.4. The molecule has 152 valence electrons. The van der Waals surface area contributed by atoms with E-state index in [9.17, 15) is 22.8 Å². The highest BCUT2D eigenvalue weighted by atomic mass is 32.2. The first kappa shape index (κ1) is 20.0. The maximum atomic E-state index is 12.9. The second-order valence-electron chi connectivity index (χ2n) is 6.22. The molecule has 0 fully saturated rings. The minimum atomic E-state index is -3.83. The van der Waals surface area contributed by atoms with Crippen molar-refractivity contribution in [1.82, 2.24) is 9.79 Å². The van der Waals surface area contributed by atoms with Gasteiger partial charge in [-0.3, -0.25) is 9.59 Å². The second-order valence-corrected chi connectivity index (χ2v) is 9.06. The number of hydroxylamine groups is 2. The minimum Gasteiger partial charge on any atom is -0.324 e. The Balaban J connectivity index is 1.74. The van der Waals surface area contributed by atoms with E-state index in [4.69, 9.17) is 4.84 Å². The SMILES string of the molecule is CNS(=O)(=O)c1ccc(-c2cccs2)c(C(=O)ON2C(=O)c3ccccc3C2=O)c1. The summed E-state index contributed by atoms with van der Waals surface area (Å²) in [6, 6.07) is 13.6. The first-order chi connectivity index (χ1) is 14.3. The summed E-state index contributed by atoms with van der Waals surface area (Å²) in [6.07, 6.45) is 0. The summed E-state index contributed by atoms with van der Waals surface area (Å²) in [5.74, 6) is -2.55. The number of hydrogen-bond donors (Lipinski definition) is 1. The average Bonchev–Trinajstić information content (AvgIpc) is 3.37. The standard InChI is InChI=1S/C20H14N2O6S2/c1-21-30(26,27)12-8-9-13(17-7-4-10-29-17)16(11-12)20(25)28-22-18(23)14-5-2-3-6-15(14)19(22)24/h2-11,21H,1H3. The van der Waals surface area contributed by atoms with Gasteiger partial charge >= 0.3 is 5.97 Å². The second kappa shape index (κ2) is 7.48. The van der Waals surface area contributed by atoms with E-state index in [-0.39, 0.29) is 21.6 Å². The third kappa shape index (κ3) is 3.30. The van der Waals surface area contributed by atoms with Crippen molar-refractivity contribution >= 4 is 39.1 Å². The van der Waals surface area contributed by atoms with E-state index < -0.39 is 27.8 Å². The van der Waals surface area contributed by atoms with E-state index in [2.05, 4.69) is 4.72 Å². The first-order valence-electron chi connectivity index (χ1n) is 8.65. The number of fused-ring (bicyclic) bond motifs is 1. The third-order valence-electron chi connectivity index (χ3n) is 4.51. The van der Waals surface area contributed by atoms with Crippen molar-refractivity contribution < 1.29 is 27.6 Å². The highest BCUT2D eigenvalue weighted by Crippen LogP contribution is 2.31. The maximum Gasteiger partial charge on any atom is 0.364 e. The fourth-order valence-corrected chi connectivity index (χ4v) is 4.53. The molecule has 0 unspecified atom stereocenters. The molecule has 4 rings (SSSR count). The molecule has 0 atom stereocenters. The molecule has 2 amide bonds. The monoisotopic (exact) mass is 442 g/mol. The quantitative estimate of drug-likeness (QED) is 0.609. The van der Waals surface area contributed by atoms with Gasteiger partial charge in [0.05, 0.1) is 21.6 Å². The molecule has 0 spiro atoms. The number of hydrogen-bond acceptors (Lipinski definition) is 7. The van der Waals surface area contributed by atoms with Crippen LogP contribution in [0.2, 0.25) is 0 Å². The molecule has 1 aromatic heterocycles. The smallest absolute Gasteiger partial charge is 0.324 e. The summed E-state index contributed by atoms with van der Waals surface area (Å²) in [7, 11) is -2.58. The van der Waals surface area contributed by atoms with Crippen LogP contribution in [0.5, 0.6) is 0 Å².